The van der Waals surface area contributed by atoms with Crippen LogP contribution in [0.15, 0.2) is 24.5 Å². The van der Waals surface area contributed by atoms with Crippen LogP contribution in [0.2, 0.25) is 0 Å². The predicted molar refractivity (Wildman–Crippen MR) is 85.2 cm³/mol. The quantitative estimate of drug-likeness (QED) is 0.847. The molecule has 0 amide bonds. The molecule has 2 saturated carbocycles. The highest BCUT2D eigenvalue weighted by atomic mass is 15.3. The summed E-state index contributed by atoms with van der Waals surface area (Å²) in [7, 11) is 0. The van der Waals surface area contributed by atoms with Gasteiger partial charge in [-0.15, -0.1) is 0 Å². The van der Waals surface area contributed by atoms with Gasteiger partial charge in [-0.2, -0.15) is 0 Å². The third kappa shape index (κ3) is 3.00. The molecule has 4 rings (SSSR count). The number of rotatable bonds is 4. The van der Waals surface area contributed by atoms with Crippen molar-refractivity contribution in [1.29, 1.82) is 0 Å². The number of fused-ring (bicyclic) bond motifs is 2. The topological polar surface area (TPSA) is 19.4 Å². The maximum atomic E-state index is 4.09. The molecule has 1 aromatic heterocycles. The standard InChI is InChI=1S/C18H27N3/c1-2-17-13-16(1)14-18(17)21-11-9-20(10-12-21)8-5-15-3-6-19-7-4-15/h3-4,6-7,16-18H,1-2,5,8-14H2/t16-,17-,18+/m0/s1. The summed E-state index contributed by atoms with van der Waals surface area (Å²) in [6, 6.07) is 5.22. The van der Waals surface area contributed by atoms with E-state index in [9.17, 15) is 0 Å². The third-order valence-electron chi connectivity index (χ3n) is 6.04. The Hall–Kier alpha value is -0.930. The summed E-state index contributed by atoms with van der Waals surface area (Å²) in [5.74, 6) is 2.11. The Balaban J connectivity index is 1.24. The first-order valence-corrected chi connectivity index (χ1v) is 8.74. The van der Waals surface area contributed by atoms with E-state index in [1.54, 1.807) is 0 Å². The fourth-order valence-corrected chi connectivity index (χ4v) is 4.81. The zero-order valence-electron chi connectivity index (χ0n) is 13.0. The van der Waals surface area contributed by atoms with Crippen molar-refractivity contribution in [3.63, 3.8) is 0 Å². The van der Waals surface area contributed by atoms with Gasteiger partial charge >= 0.3 is 0 Å². The first-order chi connectivity index (χ1) is 10.4. The number of piperazine rings is 1. The van der Waals surface area contributed by atoms with Gasteiger partial charge in [-0.05, 0) is 55.2 Å². The van der Waals surface area contributed by atoms with Crippen molar-refractivity contribution in [3.8, 4) is 0 Å². The van der Waals surface area contributed by atoms with Crippen LogP contribution in [-0.2, 0) is 6.42 Å². The average Bonchev–Trinajstić information content (AvgIpc) is 3.17. The lowest BCUT2D eigenvalue weighted by Gasteiger charge is -2.41. The fraction of sp³-hybridized carbons (Fsp3) is 0.722. The van der Waals surface area contributed by atoms with Crippen molar-refractivity contribution in [2.45, 2.75) is 38.1 Å². The lowest BCUT2D eigenvalue weighted by molar-refractivity contribution is 0.0718. The van der Waals surface area contributed by atoms with Gasteiger partial charge in [0, 0.05) is 51.2 Å². The number of hydrogen-bond donors (Lipinski definition) is 0. The summed E-state index contributed by atoms with van der Waals surface area (Å²) in [6.07, 6.45) is 11.0. The van der Waals surface area contributed by atoms with Crippen molar-refractivity contribution in [2.24, 2.45) is 11.8 Å². The molecule has 3 nitrogen and oxygen atoms in total. The Kier molecular flexibility index (Phi) is 3.95. The van der Waals surface area contributed by atoms with Crippen molar-refractivity contribution in [1.82, 2.24) is 14.8 Å². The second-order valence-electron chi connectivity index (χ2n) is 7.23. The highest BCUT2D eigenvalue weighted by Gasteiger charge is 2.42. The van der Waals surface area contributed by atoms with Crippen LogP contribution >= 0.6 is 0 Å². The molecule has 3 aliphatic rings. The van der Waals surface area contributed by atoms with Gasteiger partial charge in [-0.3, -0.25) is 9.88 Å². The SMILES string of the molecule is c1cc(CCN2CCN([C@@H]3C[C@H]4CC[C@H]3C4)CC2)ccn1. The van der Waals surface area contributed by atoms with Crippen LogP contribution in [-0.4, -0.2) is 53.5 Å². The Bertz CT molecular complexity index is 453. The molecule has 21 heavy (non-hydrogen) atoms. The Labute approximate surface area is 128 Å². The molecule has 0 radical (unpaired) electrons. The fourth-order valence-electron chi connectivity index (χ4n) is 4.81. The Morgan fingerprint density at radius 2 is 1.81 bits per heavy atom. The minimum atomic E-state index is 0.936. The van der Waals surface area contributed by atoms with Crippen LogP contribution in [0.1, 0.15) is 31.2 Å². The van der Waals surface area contributed by atoms with E-state index in [2.05, 4.69) is 26.9 Å². The molecule has 114 valence electrons. The van der Waals surface area contributed by atoms with Gasteiger partial charge in [0.1, 0.15) is 0 Å². The maximum absolute atomic E-state index is 4.09. The van der Waals surface area contributed by atoms with E-state index in [-0.39, 0.29) is 0 Å². The van der Waals surface area contributed by atoms with Crippen LogP contribution < -0.4 is 0 Å². The first kappa shape index (κ1) is 13.7. The zero-order valence-corrected chi connectivity index (χ0v) is 13.0. The number of nitrogens with zero attached hydrogens (tertiary/aromatic N) is 3. The molecule has 2 bridgehead atoms. The van der Waals surface area contributed by atoms with Gasteiger partial charge in [0.05, 0.1) is 0 Å². The molecular formula is C18H27N3. The molecule has 3 fully saturated rings. The maximum Gasteiger partial charge on any atom is 0.0270 e. The number of hydrogen-bond acceptors (Lipinski definition) is 3. The van der Waals surface area contributed by atoms with Gasteiger partial charge in [0.25, 0.3) is 0 Å². The molecule has 2 aliphatic carbocycles. The molecule has 1 saturated heterocycles. The van der Waals surface area contributed by atoms with E-state index >= 15 is 0 Å². The monoisotopic (exact) mass is 285 g/mol. The summed E-state index contributed by atoms with van der Waals surface area (Å²) in [6.45, 7) is 6.32. The minimum absolute atomic E-state index is 0.936. The normalized spacial score (nSPS) is 33.6. The third-order valence-corrected chi connectivity index (χ3v) is 6.04. The second-order valence-corrected chi connectivity index (χ2v) is 7.23. The molecule has 0 spiro atoms. The highest BCUT2D eigenvalue weighted by molar-refractivity contribution is 5.10. The van der Waals surface area contributed by atoms with E-state index in [1.165, 1.54) is 64.0 Å². The van der Waals surface area contributed by atoms with Gasteiger partial charge < -0.3 is 4.90 Å². The number of aromatic nitrogens is 1. The zero-order chi connectivity index (χ0) is 14.1. The van der Waals surface area contributed by atoms with E-state index in [1.807, 2.05) is 12.4 Å². The van der Waals surface area contributed by atoms with Crippen LogP contribution in [0.4, 0.5) is 0 Å². The molecule has 3 atom stereocenters. The highest BCUT2D eigenvalue weighted by Crippen LogP contribution is 2.46. The van der Waals surface area contributed by atoms with Crippen LogP contribution in [0, 0.1) is 11.8 Å². The number of pyridine rings is 1. The summed E-state index contributed by atoms with van der Waals surface area (Å²) in [4.78, 5) is 9.55. The van der Waals surface area contributed by atoms with E-state index < -0.39 is 0 Å². The van der Waals surface area contributed by atoms with E-state index in [4.69, 9.17) is 0 Å². The minimum Gasteiger partial charge on any atom is -0.300 e. The van der Waals surface area contributed by atoms with Crippen molar-refractivity contribution in [3.05, 3.63) is 30.1 Å². The molecule has 0 N–H and O–H groups in total. The largest absolute Gasteiger partial charge is 0.300 e. The summed E-state index contributed by atoms with van der Waals surface area (Å²) in [5, 5.41) is 0. The van der Waals surface area contributed by atoms with Crippen molar-refractivity contribution in [2.75, 3.05) is 32.7 Å². The Morgan fingerprint density at radius 3 is 2.48 bits per heavy atom. The van der Waals surface area contributed by atoms with Crippen molar-refractivity contribution >= 4 is 0 Å². The lowest BCUT2D eigenvalue weighted by Crippen LogP contribution is -2.51. The molecule has 3 heteroatoms. The van der Waals surface area contributed by atoms with Gasteiger partial charge in [0.2, 0.25) is 0 Å². The average molecular weight is 285 g/mol. The smallest absolute Gasteiger partial charge is 0.0270 e. The second kappa shape index (κ2) is 6.05. The Morgan fingerprint density at radius 1 is 1.00 bits per heavy atom. The van der Waals surface area contributed by atoms with Crippen LogP contribution in [0.25, 0.3) is 0 Å². The molecule has 1 aromatic rings. The van der Waals surface area contributed by atoms with Crippen LogP contribution in [0.5, 0.6) is 0 Å². The molecule has 2 heterocycles. The molecular weight excluding hydrogens is 258 g/mol. The first-order valence-electron chi connectivity index (χ1n) is 8.74. The summed E-state index contributed by atoms with van der Waals surface area (Å²) < 4.78 is 0. The summed E-state index contributed by atoms with van der Waals surface area (Å²) in [5.41, 5.74) is 1.42. The van der Waals surface area contributed by atoms with Crippen molar-refractivity contribution < 1.29 is 0 Å². The van der Waals surface area contributed by atoms with Gasteiger partial charge in [-0.25, -0.2) is 0 Å². The predicted octanol–water partition coefficient (Wildman–Crippen LogP) is 2.43. The molecule has 1 aliphatic heterocycles. The van der Waals surface area contributed by atoms with E-state index in [0.717, 1.165) is 24.3 Å². The van der Waals surface area contributed by atoms with E-state index in [0.29, 0.717) is 0 Å². The molecule has 0 unspecified atom stereocenters. The van der Waals surface area contributed by atoms with Gasteiger partial charge in [0.15, 0.2) is 0 Å². The van der Waals surface area contributed by atoms with Gasteiger partial charge in [-0.1, -0.05) is 6.42 Å². The summed E-state index contributed by atoms with van der Waals surface area (Å²) >= 11 is 0. The van der Waals surface area contributed by atoms with Crippen LogP contribution in [0.3, 0.4) is 0 Å². The molecule has 0 aromatic carbocycles. The lowest BCUT2D eigenvalue weighted by atomic mass is 9.93.